The van der Waals surface area contributed by atoms with E-state index < -0.39 is 21.8 Å². The molecule has 170 valence electrons. The van der Waals surface area contributed by atoms with Crippen molar-refractivity contribution in [2.75, 3.05) is 4.72 Å². The maximum Gasteiger partial charge on any atom is 0.416 e. The van der Waals surface area contributed by atoms with Crippen molar-refractivity contribution in [1.82, 2.24) is 15.3 Å². The molecule has 0 fully saturated rings. The van der Waals surface area contributed by atoms with E-state index in [9.17, 15) is 21.6 Å². The molecule has 0 aliphatic rings. The number of hydrogen-bond acceptors (Lipinski definition) is 5. The van der Waals surface area contributed by atoms with E-state index in [2.05, 4.69) is 20.0 Å². The summed E-state index contributed by atoms with van der Waals surface area (Å²) >= 11 is 0. The number of para-hydroxylation sites is 1. The van der Waals surface area contributed by atoms with Gasteiger partial charge in [0.2, 0.25) is 0 Å². The predicted molar refractivity (Wildman–Crippen MR) is 119 cm³/mol. The molecule has 0 aliphatic heterocycles. The predicted octanol–water partition coefficient (Wildman–Crippen LogP) is 4.74. The highest BCUT2D eigenvalue weighted by Crippen LogP contribution is 2.30. The number of alkyl halides is 3. The normalized spacial score (nSPS) is 12.1. The molecule has 2 aromatic heterocycles. The zero-order valence-electron chi connectivity index (χ0n) is 17.2. The summed E-state index contributed by atoms with van der Waals surface area (Å²) in [5.41, 5.74) is 1.53. The van der Waals surface area contributed by atoms with Gasteiger partial charge in [-0.05, 0) is 54.1 Å². The van der Waals surface area contributed by atoms with Crippen LogP contribution < -0.4 is 10.0 Å². The van der Waals surface area contributed by atoms with E-state index in [0.717, 1.165) is 35.2 Å². The lowest BCUT2D eigenvalue weighted by molar-refractivity contribution is -0.137. The lowest BCUT2D eigenvalue weighted by Crippen LogP contribution is -2.15. The Hall–Kier alpha value is -3.50. The Morgan fingerprint density at radius 3 is 2.27 bits per heavy atom. The summed E-state index contributed by atoms with van der Waals surface area (Å²) in [6, 6.07) is 15.8. The third kappa shape index (κ3) is 5.47. The zero-order valence-corrected chi connectivity index (χ0v) is 18.0. The Morgan fingerprint density at radius 2 is 1.58 bits per heavy atom. The van der Waals surface area contributed by atoms with Crippen LogP contribution in [0.2, 0.25) is 0 Å². The summed E-state index contributed by atoms with van der Waals surface area (Å²) in [6.07, 6.45) is -1.13. The maximum absolute atomic E-state index is 12.8. The monoisotopic (exact) mass is 472 g/mol. The number of sulfonamides is 1. The SMILES string of the molecule is O=S(=O)(Nc1cccc2ccc(CNCc3ccncc3)nc12)c1ccc(C(F)(F)F)cc1. The molecule has 0 aliphatic carbocycles. The van der Waals surface area contributed by atoms with E-state index in [4.69, 9.17) is 0 Å². The molecule has 2 aromatic carbocycles. The molecule has 10 heteroatoms. The van der Waals surface area contributed by atoms with E-state index in [1.54, 1.807) is 30.6 Å². The Bertz CT molecular complexity index is 1360. The number of pyridine rings is 2. The molecule has 4 aromatic rings. The van der Waals surface area contributed by atoms with Crippen molar-refractivity contribution < 1.29 is 21.6 Å². The number of fused-ring (bicyclic) bond motifs is 1. The summed E-state index contributed by atoms with van der Waals surface area (Å²) in [5, 5.41) is 4.00. The van der Waals surface area contributed by atoms with E-state index in [0.29, 0.717) is 24.3 Å². The fourth-order valence-electron chi connectivity index (χ4n) is 3.23. The molecule has 0 bridgehead atoms. The number of hydrogen-bond donors (Lipinski definition) is 2. The topological polar surface area (TPSA) is 84.0 Å². The summed E-state index contributed by atoms with van der Waals surface area (Å²) in [7, 11) is -4.11. The van der Waals surface area contributed by atoms with Gasteiger partial charge in [-0.2, -0.15) is 13.2 Å². The van der Waals surface area contributed by atoms with Crippen molar-refractivity contribution in [2.24, 2.45) is 0 Å². The molecule has 6 nitrogen and oxygen atoms in total. The van der Waals surface area contributed by atoms with Gasteiger partial charge in [-0.15, -0.1) is 0 Å². The molecular weight excluding hydrogens is 453 g/mol. The molecule has 0 amide bonds. The first-order chi connectivity index (χ1) is 15.7. The third-order valence-electron chi connectivity index (χ3n) is 4.90. The molecular formula is C23H19F3N4O2S. The van der Waals surface area contributed by atoms with Gasteiger partial charge in [0.25, 0.3) is 10.0 Å². The molecule has 2 heterocycles. The van der Waals surface area contributed by atoms with Crippen LogP contribution in [0.3, 0.4) is 0 Å². The average Bonchev–Trinajstić information content (AvgIpc) is 2.79. The van der Waals surface area contributed by atoms with Crippen LogP contribution in [0, 0.1) is 0 Å². The summed E-state index contributed by atoms with van der Waals surface area (Å²) in [4.78, 5) is 8.28. The second-order valence-electron chi connectivity index (χ2n) is 7.27. The Kier molecular flexibility index (Phi) is 6.30. The van der Waals surface area contributed by atoms with Gasteiger partial charge in [0.1, 0.15) is 0 Å². The van der Waals surface area contributed by atoms with Crippen LogP contribution in [0.4, 0.5) is 18.9 Å². The van der Waals surface area contributed by atoms with Gasteiger partial charge in [-0.25, -0.2) is 13.4 Å². The molecule has 4 rings (SSSR count). The molecule has 0 unspecified atom stereocenters. The molecule has 0 saturated carbocycles. The number of halogens is 3. The molecule has 0 atom stereocenters. The number of aromatic nitrogens is 2. The van der Waals surface area contributed by atoms with Crippen LogP contribution in [0.25, 0.3) is 10.9 Å². The van der Waals surface area contributed by atoms with Crippen molar-refractivity contribution >= 4 is 26.6 Å². The minimum Gasteiger partial charge on any atom is -0.307 e. The molecule has 0 saturated heterocycles. The van der Waals surface area contributed by atoms with Crippen molar-refractivity contribution in [3.8, 4) is 0 Å². The van der Waals surface area contributed by atoms with E-state index in [1.807, 2.05) is 24.3 Å². The second-order valence-corrected chi connectivity index (χ2v) is 8.95. The van der Waals surface area contributed by atoms with E-state index >= 15 is 0 Å². The smallest absolute Gasteiger partial charge is 0.307 e. The first-order valence-corrected chi connectivity index (χ1v) is 11.4. The first-order valence-electron chi connectivity index (χ1n) is 9.91. The molecule has 33 heavy (non-hydrogen) atoms. The van der Waals surface area contributed by atoms with Crippen molar-refractivity contribution in [1.29, 1.82) is 0 Å². The average molecular weight is 472 g/mol. The van der Waals surface area contributed by atoms with Crippen LogP contribution in [0.5, 0.6) is 0 Å². The summed E-state index contributed by atoms with van der Waals surface area (Å²) in [6.45, 7) is 1.07. The number of benzene rings is 2. The zero-order chi connectivity index (χ0) is 23.5. The van der Waals surface area contributed by atoms with Crippen molar-refractivity contribution in [3.63, 3.8) is 0 Å². The van der Waals surface area contributed by atoms with Crippen LogP contribution in [0.15, 0.2) is 84.0 Å². The number of nitrogens with zero attached hydrogens (tertiary/aromatic N) is 2. The van der Waals surface area contributed by atoms with Gasteiger partial charge < -0.3 is 5.32 Å². The first kappa shape index (κ1) is 22.7. The van der Waals surface area contributed by atoms with Crippen molar-refractivity contribution in [2.45, 2.75) is 24.2 Å². The summed E-state index contributed by atoms with van der Waals surface area (Å²) < 4.78 is 66.3. The van der Waals surface area contributed by atoms with Crippen LogP contribution in [-0.4, -0.2) is 18.4 Å². The minimum absolute atomic E-state index is 0.239. The second kappa shape index (κ2) is 9.16. The van der Waals surface area contributed by atoms with Crippen molar-refractivity contribution in [3.05, 3.63) is 95.9 Å². The highest BCUT2D eigenvalue weighted by atomic mass is 32.2. The van der Waals surface area contributed by atoms with Crippen LogP contribution >= 0.6 is 0 Å². The molecule has 0 spiro atoms. The highest BCUT2D eigenvalue weighted by molar-refractivity contribution is 7.92. The number of nitrogens with one attached hydrogen (secondary N) is 2. The van der Waals surface area contributed by atoms with E-state index in [1.165, 1.54) is 0 Å². The standard InChI is InChI=1S/C23H19F3N4O2S/c24-23(25,26)18-5-8-20(9-6-18)33(31,32)30-21-3-1-2-17-4-7-19(29-22(17)21)15-28-14-16-10-12-27-13-11-16/h1-13,28,30H,14-15H2. The fraction of sp³-hybridized carbons (Fsp3) is 0.130. The van der Waals surface area contributed by atoms with Gasteiger partial charge in [0, 0.05) is 30.9 Å². The van der Waals surface area contributed by atoms with Gasteiger partial charge in [-0.1, -0.05) is 18.2 Å². The summed E-state index contributed by atoms with van der Waals surface area (Å²) in [5.74, 6) is 0. The van der Waals surface area contributed by atoms with E-state index in [-0.39, 0.29) is 10.6 Å². The Balaban J connectivity index is 1.55. The fourth-order valence-corrected chi connectivity index (χ4v) is 4.30. The lowest BCUT2D eigenvalue weighted by atomic mass is 10.1. The quantitative estimate of drug-likeness (QED) is 0.406. The minimum atomic E-state index is -4.54. The third-order valence-corrected chi connectivity index (χ3v) is 6.28. The van der Waals surface area contributed by atoms with Gasteiger partial charge in [-0.3, -0.25) is 9.71 Å². The highest BCUT2D eigenvalue weighted by Gasteiger charge is 2.30. The Morgan fingerprint density at radius 1 is 0.848 bits per heavy atom. The number of rotatable bonds is 7. The Labute approximate surface area is 188 Å². The van der Waals surface area contributed by atoms with Crippen LogP contribution in [0.1, 0.15) is 16.8 Å². The van der Waals surface area contributed by atoms with Gasteiger partial charge in [0.15, 0.2) is 0 Å². The molecule has 0 radical (unpaired) electrons. The lowest BCUT2D eigenvalue weighted by Gasteiger charge is -2.12. The molecule has 2 N–H and O–H groups in total. The largest absolute Gasteiger partial charge is 0.416 e. The van der Waals surface area contributed by atoms with Gasteiger partial charge in [0.05, 0.1) is 27.4 Å². The maximum atomic E-state index is 12.8. The number of anilines is 1. The van der Waals surface area contributed by atoms with Crippen LogP contribution in [-0.2, 0) is 29.3 Å². The van der Waals surface area contributed by atoms with Gasteiger partial charge >= 0.3 is 6.18 Å².